The van der Waals surface area contributed by atoms with Crippen LogP contribution in [-0.2, 0) is 14.8 Å². The number of ether oxygens (including phenoxy) is 1. The third kappa shape index (κ3) is 6.82. The van der Waals surface area contributed by atoms with E-state index < -0.39 is 16.0 Å². The Hall–Kier alpha value is -1.27. The predicted molar refractivity (Wildman–Crippen MR) is 84.4 cm³/mol. The summed E-state index contributed by atoms with van der Waals surface area (Å²) in [5.41, 5.74) is 0.821. The summed E-state index contributed by atoms with van der Waals surface area (Å²) in [6, 6.07) is 6.16. The molecule has 0 atom stereocenters. The third-order valence-corrected chi connectivity index (χ3v) is 4.27. The van der Waals surface area contributed by atoms with Gasteiger partial charge in [0.05, 0.1) is 17.9 Å². The van der Waals surface area contributed by atoms with Crippen molar-refractivity contribution < 1.29 is 17.9 Å². The molecule has 0 aromatic heterocycles. The Morgan fingerprint density at radius 3 is 2.48 bits per heavy atom. The molecular weight excluding hydrogens is 314 g/mol. The molecule has 1 rings (SSSR count). The number of halogens is 1. The van der Waals surface area contributed by atoms with Crippen LogP contribution in [0.15, 0.2) is 24.3 Å². The molecule has 0 saturated carbocycles. The van der Waals surface area contributed by atoms with Crippen LogP contribution in [0.4, 0.5) is 5.69 Å². The molecule has 0 bridgehead atoms. The average molecular weight is 334 g/mol. The van der Waals surface area contributed by atoms with Gasteiger partial charge in [-0.1, -0.05) is 6.92 Å². The van der Waals surface area contributed by atoms with Crippen molar-refractivity contribution in [1.82, 2.24) is 0 Å². The number of hydrogen-bond donors (Lipinski definition) is 1. The molecule has 0 unspecified atom stereocenters. The van der Waals surface area contributed by atoms with Crippen LogP contribution in [0.3, 0.4) is 0 Å². The van der Waals surface area contributed by atoms with Gasteiger partial charge in [-0.3, -0.25) is 4.72 Å². The first kappa shape index (κ1) is 17.8. The highest BCUT2D eigenvalue weighted by Gasteiger charge is 2.11. The number of rotatable bonds is 9. The maximum Gasteiger partial charge on any atom is 0.338 e. The summed E-state index contributed by atoms with van der Waals surface area (Å²) in [6.07, 6.45) is 1.93. The van der Waals surface area contributed by atoms with Gasteiger partial charge in [-0.15, -0.1) is 11.6 Å². The van der Waals surface area contributed by atoms with Gasteiger partial charge >= 0.3 is 5.97 Å². The second-order valence-electron chi connectivity index (χ2n) is 4.53. The summed E-state index contributed by atoms with van der Waals surface area (Å²) in [6.45, 7) is 2.28. The van der Waals surface area contributed by atoms with Crippen molar-refractivity contribution in [3.8, 4) is 0 Å². The number of unbranched alkanes of at least 4 members (excludes halogenated alkanes) is 1. The Bertz CT molecular complexity index is 543. The van der Waals surface area contributed by atoms with Crippen molar-refractivity contribution in [3.05, 3.63) is 29.8 Å². The van der Waals surface area contributed by atoms with E-state index in [0.717, 1.165) is 6.42 Å². The Morgan fingerprint density at radius 1 is 1.24 bits per heavy atom. The van der Waals surface area contributed by atoms with Crippen molar-refractivity contribution in [2.24, 2.45) is 0 Å². The first-order valence-corrected chi connectivity index (χ1v) is 9.01. The van der Waals surface area contributed by atoms with Crippen molar-refractivity contribution in [2.75, 3.05) is 23.0 Å². The maximum absolute atomic E-state index is 11.8. The van der Waals surface area contributed by atoms with Crippen molar-refractivity contribution in [3.63, 3.8) is 0 Å². The highest BCUT2D eigenvalue weighted by molar-refractivity contribution is 7.92. The van der Waals surface area contributed by atoms with Crippen molar-refractivity contribution in [1.29, 1.82) is 0 Å². The Balaban J connectivity index is 2.60. The largest absolute Gasteiger partial charge is 0.462 e. The first-order chi connectivity index (χ1) is 9.98. The molecule has 1 N–H and O–H groups in total. The second kappa shape index (κ2) is 8.89. The van der Waals surface area contributed by atoms with Crippen LogP contribution in [0.25, 0.3) is 0 Å². The molecule has 7 heteroatoms. The van der Waals surface area contributed by atoms with Crippen LogP contribution >= 0.6 is 11.6 Å². The van der Waals surface area contributed by atoms with E-state index in [9.17, 15) is 13.2 Å². The van der Waals surface area contributed by atoms with E-state index in [-0.39, 0.29) is 5.75 Å². The zero-order valence-corrected chi connectivity index (χ0v) is 13.5. The standard InChI is InChI=1S/C14H20ClNO4S/c1-2-10-20-14(17)12-5-7-13(8-6-12)16-21(18,19)11-4-3-9-15/h5-8,16H,2-4,9-11H2,1H3. The zero-order valence-electron chi connectivity index (χ0n) is 12.0. The minimum Gasteiger partial charge on any atom is -0.462 e. The number of anilines is 1. The van der Waals surface area contributed by atoms with E-state index in [4.69, 9.17) is 16.3 Å². The Morgan fingerprint density at radius 2 is 1.90 bits per heavy atom. The van der Waals surface area contributed by atoms with Gasteiger partial charge in [0, 0.05) is 11.6 Å². The normalized spacial score (nSPS) is 11.1. The van der Waals surface area contributed by atoms with Gasteiger partial charge in [-0.25, -0.2) is 13.2 Å². The third-order valence-electron chi connectivity index (χ3n) is 2.63. The first-order valence-electron chi connectivity index (χ1n) is 6.82. The molecule has 0 aliphatic heterocycles. The smallest absolute Gasteiger partial charge is 0.338 e. The van der Waals surface area contributed by atoms with E-state index in [0.29, 0.717) is 36.6 Å². The molecule has 0 amide bonds. The number of carbonyl (C=O) groups is 1. The lowest BCUT2D eigenvalue weighted by atomic mass is 10.2. The summed E-state index contributed by atoms with van der Waals surface area (Å²) in [4.78, 5) is 11.6. The molecular formula is C14H20ClNO4S. The van der Waals surface area contributed by atoms with Crippen LogP contribution < -0.4 is 4.72 Å². The number of sulfonamides is 1. The van der Waals surface area contributed by atoms with Crippen LogP contribution in [0.2, 0.25) is 0 Å². The number of hydrogen-bond acceptors (Lipinski definition) is 4. The lowest BCUT2D eigenvalue weighted by Crippen LogP contribution is -2.17. The van der Waals surface area contributed by atoms with Crippen LogP contribution in [0.5, 0.6) is 0 Å². The summed E-state index contributed by atoms with van der Waals surface area (Å²) >= 11 is 5.51. The number of nitrogens with one attached hydrogen (secondary N) is 1. The molecule has 0 radical (unpaired) electrons. The number of esters is 1. The molecule has 0 heterocycles. The molecule has 5 nitrogen and oxygen atoms in total. The Labute approximate surface area is 130 Å². The van der Waals surface area contributed by atoms with Gasteiger partial charge in [0.2, 0.25) is 10.0 Å². The van der Waals surface area contributed by atoms with Gasteiger partial charge in [-0.05, 0) is 43.5 Å². The average Bonchev–Trinajstić information content (AvgIpc) is 2.45. The summed E-state index contributed by atoms with van der Waals surface area (Å²) in [7, 11) is -3.38. The number of benzene rings is 1. The molecule has 1 aromatic rings. The van der Waals surface area contributed by atoms with E-state index in [2.05, 4.69) is 4.72 Å². The molecule has 0 saturated heterocycles. The molecule has 1 aromatic carbocycles. The fourth-order valence-electron chi connectivity index (χ4n) is 1.57. The number of carbonyl (C=O) groups excluding carboxylic acids is 1. The van der Waals surface area contributed by atoms with Crippen LogP contribution in [0, 0.1) is 0 Å². The van der Waals surface area contributed by atoms with E-state index in [1.807, 2.05) is 6.92 Å². The lowest BCUT2D eigenvalue weighted by Gasteiger charge is -2.08. The number of alkyl halides is 1. The van der Waals surface area contributed by atoms with Crippen molar-refractivity contribution >= 4 is 33.3 Å². The lowest BCUT2D eigenvalue weighted by molar-refractivity contribution is 0.0505. The molecule has 0 aliphatic rings. The zero-order chi connectivity index (χ0) is 15.7. The molecule has 0 aliphatic carbocycles. The van der Waals surface area contributed by atoms with Crippen molar-refractivity contribution in [2.45, 2.75) is 26.2 Å². The highest BCUT2D eigenvalue weighted by Crippen LogP contribution is 2.13. The maximum atomic E-state index is 11.8. The van der Waals surface area contributed by atoms with Gasteiger partial charge in [0.1, 0.15) is 0 Å². The predicted octanol–water partition coefficient (Wildman–Crippen LogP) is 3.01. The summed E-state index contributed by atoms with van der Waals surface area (Å²) < 4.78 is 31.0. The van der Waals surface area contributed by atoms with Gasteiger partial charge in [0.25, 0.3) is 0 Å². The fraction of sp³-hybridized carbons (Fsp3) is 0.500. The van der Waals surface area contributed by atoms with Gasteiger partial charge < -0.3 is 4.74 Å². The minimum atomic E-state index is -3.38. The molecule has 0 spiro atoms. The van der Waals surface area contributed by atoms with Crippen LogP contribution in [0.1, 0.15) is 36.5 Å². The van der Waals surface area contributed by atoms with E-state index in [1.165, 1.54) is 12.1 Å². The summed E-state index contributed by atoms with van der Waals surface area (Å²) in [5, 5.41) is 0. The molecule has 118 valence electrons. The van der Waals surface area contributed by atoms with Gasteiger partial charge in [0.15, 0.2) is 0 Å². The highest BCUT2D eigenvalue weighted by atomic mass is 35.5. The Kier molecular flexibility index (Phi) is 7.53. The van der Waals surface area contributed by atoms with E-state index >= 15 is 0 Å². The van der Waals surface area contributed by atoms with Crippen LogP contribution in [-0.4, -0.2) is 32.6 Å². The molecule has 21 heavy (non-hydrogen) atoms. The fourth-order valence-corrected chi connectivity index (χ4v) is 2.94. The van der Waals surface area contributed by atoms with Gasteiger partial charge in [-0.2, -0.15) is 0 Å². The minimum absolute atomic E-state index is 0.0278. The molecule has 0 fully saturated rings. The summed E-state index contributed by atoms with van der Waals surface area (Å²) in [5.74, 6) is 0.0674. The quantitative estimate of drug-likeness (QED) is 0.428. The topological polar surface area (TPSA) is 72.5 Å². The monoisotopic (exact) mass is 333 g/mol. The van der Waals surface area contributed by atoms with E-state index in [1.54, 1.807) is 12.1 Å². The second-order valence-corrected chi connectivity index (χ2v) is 6.75. The SMILES string of the molecule is CCCOC(=O)c1ccc(NS(=O)(=O)CCCCCl)cc1.